The van der Waals surface area contributed by atoms with Crippen LogP contribution in [0.3, 0.4) is 0 Å². The largest absolute Gasteiger partial charge is 0.378 e. The fourth-order valence-corrected chi connectivity index (χ4v) is 3.06. The molecule has 1 saturated heterocycles. The summed E-state index contributed by atoms with van der Waals surface area (Å²) in [7, 11) is 3.80. The summed E-state index contributed by atoms with van der Waals surface area (Å²) in [6.45, 7) is 0.450. The van der Waals surface area contributed by atoms with Crippen molar-refractivity contribution in [1.82, 2.24) is 21.7 Å². The summed E-state index contributed by atoms with van der Waals surface area (Å²) in [5.74, 6) is -1.02. The van der Waals surface area contributed by atoms with Gasteiger partial charge in [0.05, 0.1) is 12.0 Å². The lowest BCUT2D eigenvalue weighted by Crippen LogP contribution is -2.46. The Balaban J connectivity index is 1.62. The number of benzene rings is 2. The van der Waals surface area contributed by atoms with Gasteiger partial charge in [-0.15, -0.1) is 0 Å². The predicted molar refractivity (Wildman–Crippen MR) is 105 cm³/mol. The van der Waals surface area contributed by atoms with E-state index in [9.17, 15) is 9.59 Å². The number of hydrogen-bond acceptors (Lipinski definition) is 5. The van der Waals surface area contributed by atoms with Gasteiger partial charge in [-0.3, -0.25) is 25.9 Å². The maximum absolute atomic E-state index is 12.6. The highest BCUT2D eigenvalue weighted by Crippen LogP contribution is 2.26. The first-order valence-corrected chi connectivity index (χ1v) is 8.95. The normalized spacial score (nSPS) is 18.8. The summed E-state index contributed by atoms with van der Waals surface area (Å²) in [4.78, 5) is 26.8. The summed E-state index contributed by atoms with van der Waals surface area (Å²) >= 11 is 5.92. The molecule has 0 bridgehead atoms. The Morgan fingerprint density at radius 1 is 1.11 bits per heavy atom. The Labute approximate surface area is 163 Å². The van der Waals surface area contributed by atoms with Gasteiger partial charge in [0, 0.05) is 36.9 Å². The van der Waals surface area contributed by atoms with Crippen LogP contribution < -0.4 is 26.6 Å². The van der Waals surface area contributed by atoms with Crippen LogP contribution in [-0.4, -0.2) is 32.5 Å². The molecule has 1 aliphatic heterocycles. The molecule has 8 heteroatoms. The van der Waals surface area contributed by atoms with E-state index in [2.05, 4.69) is 21.7 Å². The Morgan fingerprint density at radius 3 is 2.56 bits per heavy atom. The van der Waals surface area contributed by atoms with Crippen LogP contribution in [0.5, 0.6) is 0 Å². The quantitative estimate of drug-likeness (QED) is 0.599. The number of amides is 2. The van der Waals surface area contributed by atoms with Crippen molar-refractivity contribution < 1.29 is 9.59 Å². The second-order valence-corrected chi connectivity index (χ2v) is 6.99. The molecule has 0 aromatic heterocycles. The van der Waals surface area contributed by atoms with E-state index in [1.807, 2.05) is 37.2 Å². The molecule has 2 atom stereocenters. The lowest BCUT2D eigenvalue weighted by molar-refractivity contribution is -0.125. The van der Waals surface area contributed by atoms with Gasteiger partial charge < -0.3 is 4.90 Å². The molecule has 1 heterocycles. The van der Waals surface area contributed by atoms with Crippen LogP contribution in [-0.2, 0) is 4.79 Å². The third-order valence-corrected chi connectivity index (χ3v) is 4.72. The van der Waals surface area contributed by atoms with E-state index in [1.54, 1.807) is 30.3 Å². The summed E-state index contributed by atoms with van der Waals surface area (Å²) in [5, 5.41) is 0.637. The average Bonchev–Trinajstić information content (AvgIpc) is 3.16. The first-order chi connectivity index (χ1) is 13.0. The molecule has 1 aliphatic rings. The molecule has 4 N–H and O–H groups in total. The van der Waals surface area contributed by atoms with Crippen LogP contribution in [0.2, 0.25) is 5.02 Å². The molecule has 0 aliphatic carbocycles. The molecule has 2 aromatic carbocycles. The standard InChI is InChI=1S/C19H22ClN5O2/c1-25(2)15-5-3-4-13(10-15)18(26)23-24-19(27)16-11-21-22-17(16)12-6-8-14(20)9-7-12/h3-10,16-17,21-22H,11H2,1-2H3,(H,23,26)(H,24,27). The van der Waals surface area contributed by atoms with Gasteiger partial charge in [-0.2, -0.15) is 0 Å². The van der Waals surface area contributed by atoms with E-state index in [0.717, 1.165) is 11.3 Å². The predicted octanol–water partition coefficient (Wildman–Crippen LogP) is 1.63. The number of rotatable bonds is 4. The smallest absolute Gasteiger partial charge is 0.269 e. The first kappa shape index (κ1) is 19.2. The Morgan fingerprint density at radius 2 is 1.85 bits per heavy atom. The SMILES string of the molecule is CN(C)c1cccc(C(=O)NNC(=O)C2CNNC2c2ccc(Cl)cc2)c1. The Hall–Kier alpha value is -2.61. The van der Waals surface area contributed by atoms with Gasteiger partial charge in [0.1, 0.15) is 0 Å². The second-order valence-electron chi connectivity index (χ2n) is 6.55. The maximum atomic E-state index is 12.6. The zero-order valence-corrected chi connectivity index (χ0v) is 15.9. The molecule has 142 valence electrons. The van der Waals surface area contributed by atoms with E-state index in [0.29, 0.717) is 17.1 Å². The van der Waals surface area contributed by atoms with Crippen LogP contribution in [0.15, 0.2) is 48.5 Å². The second kappa shape index (κ2) is 8.39. The fourth-order valence-electron chi connectivity index (χ4n) is 2.94. The van der Waals surface area contributed by atoms with E-state index < -0.39 is 0 Å². The molecule has 0 spiro atoms. The molecule has 1 fully saturated rings. The molecule has 2 aromatic rings. The van der Waals surface area contributed by atoms with E-state index >= 15 is 0 Å². The monoisotopic (exact) mass is 387 g/mol. The van der Waals surface area contributed by atoms with Gasteiger partial charge in [0.25, 0.3) is 5.91 Å². The first-order valence-electron chi connectivity index (χ1n) is 8.57. The molecule has 2 amide bonds. The highest BCUT2D eigenvalue weighted by molar-refractivity contribution is 6.30. The maximum Gasteiger partial charge on any atom is 0.269 e. The number of nitrogens with zero attached hydrogens (tertiary/aromatic N) is 1. The third kappa shape index (κ3) is 4.57. The highest BCUT2D eigenvalue weighted by atomic mass is 35.5. The number of carbonyl (C=O) groups is 2. The summed E-state index contributed by atoms with van der Waals surface area (Å²) < 4.78 is 0. The molecule has 7 nitrogen and oxygen atoms in total. The van der Waals surface area contributed by atoms with Gasteiger partial charge in [-0.25, -0.2) is 5.43 Å². The zero-order valence-electron chi connectivity index (χ0n) is 15.1. The number of anilines is 1. The van der Waals surface area contributed by atoms with Crippen molar-refractivity contribution in [2.75, 3.05) is 25.5 Å². The minimum absolute atomic E-state index is 0.212. The number of halogens is 1. The molecule has 2 unspecified atom stereocenters. The van der Waals surface area contributed by atoms with Gasteiger partial charge in [0.2, 0.25) is 5.91 Å². The van der Waals surface area contributed by atoms with Crippen LogP contribution in [0.4, 0.5) is 5.69 Å². The van der Waals surface area contributed by atoms with Crippen molar-refractivity contribution in [3.8, 4) is 0 Å². The molecular formula is C19H22ClN5O2. The molecule has 3 rings (SSSR count). The number of nitrogens with one attached hydrogen (secondary N) is 4. The number of carbonyl (C=O) groups excluding carboxylic acids is 2. The molecular weight excluding hydrogens is 366 g/mol. The number of hydrazine groups is 2. The van der Waals surface area contributed by atoms with E-state index in [1.165, 1.54) is 0 Å². The van der Waals surface area contributed by atoms with Crippen LogP contribution >= 0.6 is 11.6 Å². The van der Waals surface area contributed by atoms with Crippen molar-refractivity contribution >= 4 is 29.1 Å². The van der Waals surface area contributed by atoms with Crippen molar-refractivity contribution in [1.29, 1.82) is 0 Å². The Bertz CT molecular complexity index is 825. The number of hydrogen-bond donors (Lipinski definition) is 4. The Kier molecular flexibility index (Phi) is 5.95. The topological polar surface area (TPSA) is 85.5 Å². The van der Waals surface area contributed by atoms with Crippen molar-refractivity contribution in [3.63, 3.8) is 0 Å². The molecule has 27 heavy (non-hydrogen) atoms. The van der Waals surface area contributed by atoms with E-state index in [4.69, 9.17) is 11.6 Å². The average molecular weight is 388 g/mol. The third-order valence-electron chi connectivity index (χ3n) is 4.47. The molecule has 0 radical (unpaired) electrons. The molecule has 0 saturated carbocycles. The lowest BCUT2D eigenvalue weighted by atomic mass is 9.94. The van der Waals surface area contributed by atoms with Crippen molar-refractivity contribution in [2.45, 2.75) is 6.04 Å². The van der Waals surface area contributed by atoms with Crippen molar-refractivity contribution in [3.05, 3.63) is 64.7 Å². The van der Waals surface area contributed by atoms with Crippen LogP contribution in [0.25, 0.3) is 0 Å². The highest BCUT2D eigenvalue weighted by Gasteiger charge is 2.34. The summed E-state index contributed by atoms with van der Waals surface area (Å²) in [5.41, 5.74) is 13.4. The van der Waals surface area contributed by atoms with Gasteiger partial charge in [-0.05, 0) is 35.9 Å². The van der Waals surface area contributed by atoms with Crippen molar-refractivity contribution in [2.24, 2.45) is 5.92 Å². The van der Waals surface area contributed by atoms with Crippen LogP contribution in [0, 0.1) is 5.92 Å². The summed E-state index contributed by atoms with van der Waals surface area (Å²) in [6.07, 6.45) is 0. The van der Waals surface area contributed by atoms with Gasteiger partial charge in [-0.1, -0.05) is 29.8 Å². The summed E-state index contributed by atoms with van der Waals surface area (Å²) in [6, 6.07) is 14.3. The fraction of sp³-hybridized carbons (Fsp3) is 0.263. The van der Waals surface area contributed by atoms with E-state index in [-0.39, 0.29) is 23.8 Å². The lowest BCUT2D eigenvalue weighted by Gasteiger charge is -2.19. The van der Waals surface area contributed by atoms with Gasteiger partial charge >= 0.3 is 0 Å². The zero-order chi connectivity index (χ0) is 19.4. The van der Waals surface area contributed by atoms with Crippen LogP contribution in [0.1, 0.15) is 22.0 Å². The minimum Gasteiger partial charge on any atom is -0.378 e. The van der Waals surface area contributed by atoms with Gasteiger partial charge in [0.15, 0.2) is 0 Å². The minimum atomic E-state index is -0.375.